The van der Waals surface area contributed by atoms with E-state index in [1.165, 1.54) is 0 Å². The summed E-state index contributed by atoms with van der Waals surface area (Å²) in [6.07, 6.45) is 0. The largest absolute Gasteiger partial charge is 0.394 e. The van der Waals surface area contributed by atoms with Gasteiger partial charge in [-0.15, -0.1) is 0 Å². The smallest absolute Gasteiger partial charge is 0.257 e. The molecule has 5 heteroatoms. The van der Waals surface area contributed by atoms with E-state index in [1.54, 1.807) is 13.8 Å². The molecule has 1 aromatic rings. The molecule has 0 spiro atoms. The van der Waals surface area contributed by atoms with Crippen LogP contribution in [0.3, 0.4) is 0 Å². The third kappa shape index (κ3) is 2.61. The van der Waals surface area contributed by atoms with Crippen molar-refractivity contribution in [2.75, 3.05) is 6.61 Å². The van der Waals surface area contributed by atoms with Gasteiger partial charge in [0.15, 0.2) is 5.76 Å². The number of amides is 1. The minimum atomic E-state index is -0.276. The fraction of sp³-hybridized carbons (Fsp3) is 0.636. The number of aromatic nitrogens is 1. The van der Waals surface area contributed by atoms with Gasteiger partial charge in [0.25, 0.3) is 5.91 Å². The molecule has 0 unspecified atom stereocenters. The number of hydrogen-bond acceptors (Lipinski definition) is 4. The summed E-state index contributed by atoms with van der Waals surface area (Å²) >= 11 is 0. The van der Waals surface area contributed by atoms with Gasteiger partial charge in [0.05, 0.1) is 12.3 Å². The van der Waals surface area contributed by atoms with E-state index in [-0.39, 0.29) is 24.5 Å². The summed E-state index contributed by atoms with van der Waals surface area (Å²) in [7, 11) is 0. The van der Waals surface area contributed by atoms with E-state index in [0.29, 0.717) is 17.0 Å². The maximum Gasteiger partial charge on any atom is 0.257 e. The lowest BCUT2D eigenvalue weighted by Gasteiger charge is -2.11. The van der Waals surface area contributed by atoms with Crippen molar-refractivity contribution in [2.24, 2.45) is 0 Å². The fourth-order valence-corrected chi connectivity index (χ4v) is 1.40. The zero-order chi connectivity index (χ0) is 12.3. The van der Waals surface area contributed by atoms with E-state index in [1.807, 2.05) is 13.8 Å². The molecule has 0 aliphatic heterocycles. The summed E-state index contributed by atoms with van der Waals surface area (Å²) < 4.78 is 5.12. The summed E-state index contributed by atoms with van der Waals surface area (Å²) in [5.74, 6) is 0.440. The standard InChI is InChI=1S/C11H18N2O3/c1-6(2)10-9(8(4)13-16-10)11(15)12-7(3)5-14/h6-7,14H,5H2,1-4H3,(H,12,15)/t7-/m1/s1. The van der Waals surface area contributed by atoms with Crippen LogP contribution < -0.4 is 5.32 Å². The van der Waals surface area contributed by atoms with E-state index in [2.05, 4.69) is 10.5 Å². The molecule has 1 aromatic heterocycles. The maximum atomic E-state index is 11.9. The van der Waals surface area contributed by atoms with Crippen LogP contribution in [0.15, 0.2) is 4.52 Å². The van der Waals surface area contributed by atoms with Crippen LogP contribution in [0.4, 0.5) is 0 Å². The van der Waals surface area contributed by atoms with Gasteiger partial charge in [-0.1, -0.05) is 19.0 Å². The van der Waals surface area contributed by atoms with Crippen molar-refractivity contribution in [1.29, 1.82) is 0 Å². The highest BCUT2D eigenvalue weighted by molar-refractivity contribution is 5.96. The second-order valence-electron chi connectivity index (χ2n) is 4.22. The molecule has 1 heterocycles. The first-order valence-electron chi connectivity index (χ1n) is 5.35. The number of hydrogen-bond donors (Lipinski definition) is 2. The Kier molecular flexibility index (Phi) is 4.06. The van der Waals surface area contributed by atoms with Crippen molar-refractivity contribution >= 4 is 5.91 Å². The summed E-state index contributed by atoms with van der Waals surface area (Å²) in [6, 6.07) is -0.276. The molecule has 2 N–H and O–H groups in total. The number of aryl methyl sites for hydroxylation is 1. The number of carbonyl (C=O) groups excluding carboxylic acids is 1. The van der Waals surface area contributed by atoms with Crippen molar-refractivity contribution in [3.05, 3.63) is 17.0 Å². The molecule has 16 heavy (non-hydrogen) atoms. The van der Waals surface area contributed by atoms with E-state index in [0.717, 1.165) is 0 Å². The fourth-order valence-electron chi connectivity index (χ4n) is 1.40. The quantitative estimate of drug-likeness (QED) is 0.809. The lowest BCUT2D eigenvalue weighted by Crippen LogP contribution is -2.35. The number of nitrogens with one attached hydrogen (secondary N) is 1. The molecule has 0 saturated heterocycles. The van der Waals surface area contributed by atoms with Gasteiger partial charge in [-0.25, -0.2) is 0 Å². The first-order chi connectivity index (χ1) is 7.47. The van der Waals surface area contributed by atoms with Crippen molar-refractivity contribution < 1.29 is 14.4 Å². The SMILES string of the molecule is Cc1noc(C(C)C)c1C(=O)N[C@H](C)CO. The first-order valence-corrected chi connectivity index (χ1v) is 5.35. The Bertz CT molecular complexity index is 371. The number of aliphatic hydroxyl groups is 1. The van der Waals surface area contributed by atoms with Crippen LogP contribution in [0.5, 0.6) is 0 Å². The highest BCUT2D eigenvalue weighted by atomic mass is 16.5. The van der Waals surface area contributed by atoms with Crippen LogP contribution in [0.25, 0.3) is 0 Å². The molecular weight excluding hydrogens is 208 g/mol. The Morgan fingerprint density at radius 2 is 2.12 bits per heavy atom. The predicted octanol–water partition coefficient (Wildman–Crippen LogP) is 1.22. The Morgan fingerprint density at radius 3 is 2.62 bits per heavy atom. The lowest BCUT2D eigenvalue weighted by atomic mass is 10.0. The zero-order valence-electron chi connectivity index (χ0n) is 10.1. The average molecular weight is 226 g/mol. The van der Waals surface area contributed by atoms with Crippen LogP contribution >= 0.6 is 0 Å². The normalized spacial score (nSPS) is 12.9. The third-order valence-electron chi connectivity index (χ3n) is 2.29. The van der Waals surface area contributed by atoms with Gasteiger partial charge in [0, 0.05) is 12.0 Å². The molecule has 0 aliphatic carbocycles. The molecule has 1 rings (SSSR count). The van der Waals surface area contributed by atoms with Crippen molar-refractivity contribution in [3.63, 3.8) is 0 Å². The number of carbonyl (C=O) groups is 1. The molecule has 0 aromatic carbocycles. The van der Waals surface area contributed by atoms with Gasteiger partial charge in [0.2, 0.25) is 0 Å². The second kappa shape index (κ2) is 5.12. The minimum Gasteiger partial charge on any atom is -0.394 e. The van der Waals surface area contributed by atoms with E-state index >= 15 is 0 Å². The van der Waals surface area contributed by atoms with Crippen molar-refractivity contribution in [2.45, 2.75) is 39.7 Å². The highest BCUT2D eigenvalue weighted by Crippen LogP contribution is 2.22. The molecule has 1 amide bonds. The topological polar surface area (TPSA) is 75.4 Å². The minimum absolute atomic E-state index is 0.0902. The summed E-state index contributed by atoms with van der Waals surface area (Å²) in [4.78, 5) is 11.9. The van der Waals surface area contributed by atoms with Crippen molar-refractivity contribution in [1.82, 2.24) is 10.5 Å². The molecule has 0 saturated carbocycles. The van der Waals surface area contributed by atoms with Crippen LogP contribution in [0.1, 0.15) is 48.5 Å². The molecule has 0 bridgehead atoms. The lowest BCUT2D eigenvalue weighted by molar-refractivity contribution is 0.0919. The van der Waals surface area contributed by atoms with Gasteiger partial charge < -0.3 is 14.9 Å². The Morgan fingerprint density at radius 1 is 1.50 bits per heavy atom. The van der Waals surface area contributed by atoms with Crippen LogP contribution in [0, 0.1) is 6.92 Å². The van der Waals surface area contributed by atoms with Gasteiger partial charge in [-0.2, -0.15) is 0 Å². The number of rotatable bonds is 4. The summed E-state index contributed by atoms with van der Waals surface area (Å²) in [5, 5.41) is 15.3. The van der Waals surface area contributed by atoms with Crippen LogP contribution in [-0.4, -0.2) is 28.8 Å². The monoisotopic (exact) mass is 226 g/mol. The van der Waals surface area contributed by atoms with Gasteiger partial charge in [-0.05, 0) is 13.8 Å². The summed E-state index contributed by atoms with van der Waals surface area (Å²) in [5.41, 5.74) is 1.06. The van der Waals surface area contributed by atoms with Crippen molar-refractivity contribution in [3.8, 4) is 0 Å². The van der Waals surface area contributed by atoms with Gasteiger partial charge >= 0.3 is 0 Å². The van der Waals surface area contributed by atoms with Gasteiger partial charge in [-0.3, -0.25) is 4.79 Å². The van der Waals surface area contributed by atoms with Crippen LogP contribution in [-0.2, 0) is 0 Å². The molecule has 5 nitrogen and oxygen atoms in total. The zero-order valence-corrected chi connectivity index (χ0v) is 10.1. The third-order valence-corrected chi connectivity index (χ3v) is 2.29. The second-order valence-corrected chi connectivity index (χ2v) is 4.22. The van der Waals surface area contributed by atoms with E-state index < -0.39 is 0 Å². The molecule has 0 aliphatic rings. The molecular formula is C11H18N2O3. The Balaban J connectivity index is 2.94. The maximum absolute atomic E-state index is 11.9. The predicted molar refractivity (Wildman–Crippen MR) is 59.3 cm³/mol. The number of nitrogens with zero attached hydrogens (tertiary/aromatic N) is 1. The molecule has 0 fully saturated rings. The van der Waals surface area contributed by atoms with E-state index in [4.69, 9.17) is 9.63 Å². The number of aliphatic hydroxyl groups excluding tert-OH is 1. The van der Waals surface area contributed by atoms with Crippen LogP contribution in [0.2, 0.25) is 0 Å². The Hall–Kier alpha value is -1.36. The highest BCUT2D eigenvalue weighted by Gasteiger charge is 2.23. The average Bonchev–Trinajstić information content (AvgIpc) is 2.59. The summed E-state index contributed by atoms with van der Waals surface area (Å²) in [6.45, 7) is 7.25. The van der Waals surface area contributed by atoms with E-state index in [9.17, 15) is 4.79 Å². The van der Waals surface area contributed by atoms with Gasteiger partial charge in [0.1, 0.15) is 5.56 Å². The Labute approximate surface area is 94.8 Å². The first kappa shape index (κ1) is 12.7. The molecule has 90 valence electrons. The molecule has 0 radical (unpaired) electrons. The molecule has 1 atom stereocenters.